The minimum atomic E-state index is -4.53. The lowest BCUT2D eigenvalue weighted by Gasteiger charge is -2.24. The maximum atomic E-state index is 13.5. The maximum absolute atomic E-state index is 13.5. The highest BCUT2D eigenvalue weighted by Gasteiger charge is 2.35. The molecule has 1 aromatic carbocycles. The number of nitrogens with two attached hydrogens (primary N) is 1. The Morgan fingerprint density at radius 2 is 1.67 bits per heavy atom. The summed E-state index contributed by atoms with van der Waals surface area (Å²) in [6.45, 7) is 5.82. The molecule has 0 aliphatic carbocycles. The molecular formula is C22H37ClF3NO3. The third-order valence-electron chi connectivity index (χ3n) is 5.24. The summed E-state index contributed by atoms with van der Waals surface area (Å²) in [6.07, 6.45) is -0.114. The molecule has 0 aromatic heterocycles. The highest BCUT2D eigenvalue weighted by atomic mass is 35.5. The number of benzene rings is 1. The quantitative estimate of drug-likeness (QED) is 0.392. The van der Waals surface area contributed by atoms with Crippen LogP contribution >= 0.6 is 12.4 Å². The van der Waals surface area contributed by atoms with Crippen LogP contribution in [0.4, 0.5) is 13.2 Å². The van der Waals surface area contributed by atoms with E-state index < -0.39 is 30.5 Å². The summed E-state index contributed by atoms with van der Waals surface area (Å²) in [5.74, 6) is 0.890. The number of hydrogen-bond acceptors (Lipinski definition) is 4. The Balaban J connectivity index is 0.00000841. The number of alkyl halides is 3. The van der Waals surface area contributed by atoms with E-state index in [1.54, 1.807) is 6.07 Å². The lowest BCUT2D eigenvalue weighted by molar-refractivity contribution is -0.139. The van der Waals surface area contributed by atoms with E-state index in [4.69, 9.17) is 10.5 Å². The number of hydrogen-bond donors (Lipinski definition) is 3. The summed E-state index contributed by atoms with van der Waals surface area (Å²) in [7, 11) is 0. The zero-order valence-corrected chi connectivity index (χ0v) is 19.0. The number of aryl methyl sites for hydroxylation is 1. The van der Waals surface area contributed by atoms with Gasteiger partial charge in [0.05, 0.1) is 30.9 Å². The Kier molecular flexibility index (Phi) is 12.9. The third kappa shape index (κ3) is 10.3. The van der Waals surface area contributed by atoms with Gasteiger partial charge in [0.2, 0.25) is 0 Å². The smallest absolute Gasteiger partial charge is 0.419 e. The molecule has 0 saturated carbocycles. The summed E-state index contributed by atoms with van der Waals surface area (Å²) >= 11 is 0. The van der Waals surface area contributed by atoms with Crippen molar-refractivity contribution >= 4 is 12.4 Å². The van der Waals surface area contributed by atoms with E-state index in [1.807, 2.05) is 0 Å². The number of rotatable bonds is 13. The van der Waals surface area contributed by atoms with E-state index in [9.17, 15) is 23.4 Å². The Morgan fingerprint density at radius 3 is 2.20 bits per heavy atom. The van der Waals surface area contributed by atoms with Crippen molar-refractivity contribution in [2.75, 3.05) is 19.8 Å². The number of halogens is 4. The van der Waals surface area contributed by atoms with Crippen molar-refractivity contribution < 1.29 is 28.1 Å². The van der Waals surface area contributed by atoms with Gasteiger partial charge >= 0.3 is 6.18 Å². The Hall–Kier alpha value is -1.02. The normalized spacial score (nSPS) is 13.3. The van der Waals surface area contributed by atoms with Crippen LogP contribution in [-0.4, -0.2) is 35.6 Å². The molecule has 4 N–H and O–H groups in total. The number of ether oxygens (including phenoxy) is 1. The second-order valence-electron chi connectivity index (χ2n) is 8.57. The molecule has 176 valence electrons. The van der Waals surface area contributed by atoms with E-state index in [1.165, 1.54) is 6.07 Å². The van der Waals surface area contributed by atoms with Crippen LogP contribution in [0.5, 0.6) is 5.75 Å². The van der Waals surface area contributed by atoms with Crippen molar-refractivity contribution in [3.8, 4) is 5.75 Å². The fraction of sp³-hybridized carbons (Fsp3) is 0.727. The molecule has 0 radical (unpaired) electrons. The standard InChI is InChI=1S/C22H36F3NO3.ClH/c1-16(2)5-4-6-17(3)10-12-29-20-8-7-18(13-19(20)22(23,24)25)9-11-21(26,14-27)15-28;/h7-8,13,16-17,27-28H,4-6,9-12,14-15,26H2,1-3H3;1H/t17-;/m1./s1. The molecule has 0 aliphatic rings. The summed E-state index contributed by atoms with van der Waals surface area (Å²) in [5.41, 5.74) is 4.21. The van der Waals surface area contributed by atoms with Crippen molar-refractivity contribution in [1.29, 1.82) is 0 Å². The van der Waals surface area contributed by atoms with Crippen molar-refractivity contribution in [2.24, 2.45) is 17.6 Å². The van der Waals surface area contributed by atoms with Crippen molar-refractivity contribution in [3.05, 3.63) is 29.3 Å². The molecule has 4 nitrogen and oxygen atoms in total. The van der Waals surface area contributed by atoms with Crippen molar-refractivity contribution in [2.45, 2.75) is 71.0 Å². The molecule has 0 unspecified atom stereocenters. The average molecular weight is 456 g/mol. The first-order chi connectivity index (χ1) is 13.5. The molecule has 0 amide bonds. The number of aliphatic hydroxyl groups excluding tert-OH is 2. The molecule has 30 heavy (non-hydrogen) atoms. The highest BCUT2D eigenvalue weighted by molar-refractivity contribution is 5.85. The lowest BCUT2D eigenvalue weighted by atomic mass is 9.93. The summed E-state index contributed by atoms with van der Waals surface area (Å²) in [5, 5.41) is 18.5. The average Bonchev–Trinajstić information content (AvgIpc) is 2.65. The molecule has 0 aliphatic heterocycles. The van der Waals surface area contributed by atoms with Gasteiger partial charge in [-0.05, 0) is 48.8 Å². The van der Waals surface area contributed by atoms with Gasteiger partial charge in [0.25, 0.3) is 0 Å². The van der Waals surface area contributed by atoms with Crippen LogP contribution in [0.25, 0.3) is 0 Å². The van der Waals surface area contributed by atoms with Crippen LogP contribution in [0.2, 0.25) is 0 Å². The topological polar surface area (TPSA) is 75.7 Å². The largest absolute Gasteiger partial charge is 0.493 e. The second kappa shape index (κ2) is 13.4. The summed E-state index contributed by atoms with van der Waals surface area (Å²) < 4.78 is 45.9. The molecule has 0 spiro atoms. The van der Waals surface area contributed by atoms with Gasteiger partial charge < -0.3 is 20.7 Å². The monoisotopic (exact) mass is 455 g/mol. The maximum Gasteiger partial charge on any atom is 0.419 e. The van der Waals surface area contributed by atoms with Crippen LogP contribution in [0.15, 0.2) is 18.2 Å². The Morgan fingerprint density at radius 1 is 1.03 bits per heavy atom. The third-order valence-corrected chi connectivity index (χ3v) is 5.24. The van der Waals surface area contributed by atoms with Crippen LogP contribution in [0.3, 0.4) is 0 Å². The van der Waals surface area contributed by atoms with Gasteiger partial charge in [-0.1, -0.05) is 46.1 Å². The van der Waals surface area contributed by atoms with E-state index >= 15 is 0 Å². The lowest BCUT2D eigenvalue weighted by Crippen LogP contribution is -2.47. The molecule has 0 fully saturated rings. The van der Waals surface area contributed by atoms with Crippen molar-refractivity contribution in [3.63, 3.8) is 0 Å². The first-order valence-electron chi connectivity index (χ1n) is 10.3. The molecule has 1 atom stereocenters. The second-order valence-corrected chi connectivity index (χ2v) is 8.57. The first kappa shape index (κ1) is 29.0. The Bertz CT molecular complexity index is 608. The predicted octanol–water partition coefficient (Wildman–Crippen LogP) is 4.97. The molecular weight excluding hydrogens is 419 g/mol. The van der Waals surface area contributed by atoms with E-state index in [0.717, 1.165) is 25.3 Å². The highest BCUT2D eigenvalue weighted by Crippen LogP contribution is 2.37. The molecule has 1 aromatic rings. The van der Waals surface area contributed by atoms with Crippen LogP contribution in [0, 0.1) is 11.8 Å². The van der Waals surface area contributed by atoms with Crippen molar-refractivity contribution in [1.82, 2.24) is 0 Å². The molecule has 1 rings (SSSR count). The minimum Gasteiger partial charge on any atom is -0.493 e. The van der Waals surface area contributed by atoms with Gasteiger partial charge in [-0.3, -0.25) is 0 Å². The van der Waals surface area contributed by atoms with Gasteiger partial charge in [0.15, 0.2) is 0 Å². The minimum absolute atomic E-state index is 0. The van der Waals surface area contributed by atoms with Gasteiger partial charge in [-0.2, -0.15) is 13.2 Å². The first-order valence-corrected chi connectivity index (χ1v) is 10.3. The van der Waals surface area contributed by atoms with Gasteiger partial charge in [-0.25, -0.2) is 0 Å². The fourth-order valence-corrected chi connectivity index (χ4v) is 3.07. The van der Waals surface area contributed by atoms with E-state index in [2.05, 4.69) is 20.8 Å². The van der Waals surface area contributed by atoms with Gasteiger partial charge in [-0.15, -0.1) is 12.4 Å². The van der Waals surface area contributed by atoms with E-state index in [0.29, 0.717) is 23.8 Å². The zero-order valence-electron chi connectivity index (χ0n) is 18.2. The van der Waals surface area contributed by atoms with Crippen LogP contribution < -0.4 is 10.5 Å². The summed E-state index contributed by atoms with van der Waals surface area (Å²) in [6, 6.07) is 3.99. The Labute approximate surface area is 184 Å². The molecule has 0 saturated heterocycles. The van der Waals surface area contributed by atoms with Gasteiger partial charge in [0, 0.05) is 0 Å². The SMILES string of the molecule is CC(C)CCC[C@@H](C)CCOc1ccc(CCC(N)(CO)CO)cc1C(F)(F)F.Cl. The van der Waals surface area contributed by atoms with E-state index in [-0.39, 0.29) is 37.6 Å². The number of aliphatic hydroxyl groups is 2. The van der Waals surface area contributed by atoms with Gasteiger partial charge in [0.1, 0.15) is 5.75 Å². The zero-order chi connectivity index (χ0) is 22.1. The summed E-state index contributed by atoms with van der Waals surface area (Å²) in [4.78, 5) is 0. The van der Waals surface area contributed by atoms with Crippen LogP contribution in [0.1, 0.15) is 64.0 Å². The molecule has 0 heterocycles. The van der Waals surface area contributed by atoms with Crippen LogP contribution in [-0.2, 0) is 12.6 Å². The molecule has 8 heteroatoms. The molecule has 0 bridgehead atoms. The fourth-order valence-electron chi connectivity index (χ4n) is 3.07. The predicted molar refractivity (Wildman–Crippen MR) is 116 cm³/mol.